The molecular weight excluding hydrogens is 204 g/mol. The summed E-state index contributed by atoms with van der Waals surface area (Å²) in [5, 5.41) is 3.22. The van der Waals surface area contributed by atoms with Crippen LogP contribution in [0, 0.1) is 6.92 Å². The quantitative estimate of drug-likeness (QED) is 0.823. The predicted octanol–water partition coefficient (Wildman–Crippen LogP) is 1.41. The Morgan fingerprint density at radius 2 is 2.38 bits per heavy atom. The average molecular weight is 222 g/mol. The molecule has 0 radical (unpaired) electrons. The second kappa shape index (κ2) is 4.70. The monoisotopic (exact) mass is 222 g/mol. The first-order chi connectivity index (χ1) is 7.70. The lowest BCUT2D eigenvalue weighted by Gasteiger charge is -2.31. The van der Waals surface area contributed by atoms with E-state index < -0.39 is 0 Å². The number of aryl methyl sites for hydroxylation is 1. The van der Waals surface area contributed by atoms with E-state index in [9.17, 15) is 4.79 Å². The molecule has 2 rings (SSSR count). The highest BCUT2D eigenvalue weighted by Gasteiger charge is 2.25. The summed E-state index contributed by atoms with van der Waals surface area (Å²) in [5.41, 5.74) is 0. The highest BCUT2D eigenvalue weighted by atomic mass is 16.3. The van der Waals surface area contributed by atoms with Gasteiger partial charge in [-0.15, -0.1) is 0 Å². The first-order valence-electron chi connectivity index (χ1n) is 5.73. The Hall–Kier alpha value is -1.29. The highest BCUT2D eigenvalue weighted by molar-refractivity contribution is 5.91. The van der Waals surface area contributed by atoms with E-state index in [1.165, 1.54) is 0 Å². The van der Waals surface area contributed by atoms with Crippen molar-refractivity contribution in [1.29, 1.82) is 0 Å². The maximum absolute atomic E-state index is 12.1. The molecule has 1 atom stereocenters. The summed E-state index contributed by atoms with van der Waals surface area (Å²) in [5.74, 6) is 1.24. The number of furan rings is 1. The normalized spacial score (nSPS) is 21.1. The minimum Gasteiger partial charge on any atom is -0.456 e. The Morgan fingerprint density at radius 3 is 3.00 bits per heavy atom. The van der Waals surface area contributed by atoms with Crippen molar-refractivity contribution in [2.45, 2.75) is 25.8 Å². The number of nitrogens with zero attached hydrogens (tertiary/aromatic N) is 1. The van der Waals surface area contributed by atoms with Crippen LogP contribution in [0.3, 0.4) is 0 Å². The third-order valence-electron chi connectivity index (χ3n) is 3.07. The van der Waals surface area contributed by atoms with E-state index in [0.717, 1.165) is 31.7 Å². The van der Waals surface area contributed by atoms with Crippen molar-refractivity contribution in [2.75, 3.05) is 20.1 Å². The molecule has 1 aromatic rings. The van der Waals surface area contributed by atoms with Crippen molar-refractivity contribution >= 4 is 5.91 Å². The number of amides is 1. The zero-order chi connectivity index (χ0) is 11.5. The molecule has 0 spiro atoms. The van der Waals surface area contributed by atoms with Gasteiger partial charge < -0.3 is 14.6 Å². The van der Waals surface area contributed by atoms with Gasteiger partial charge >= 0.3 is 0 Å². The molecule has 4 nitrogen and oxygen atoms in total. The molecule has 1 aliphatic rings. The number of piperidine rings is 1. The molecule has 1 unspecified atom stereocenters. The SMILES string of the molecule is CNC1CCCN(C(=O)c2ccc(C)o2)C1. The Morgan fingerprint density at radius 1 is 1.56 bits per heavy atom. The Bertz CT molecular complexity index is 373. The molecule has 0 saturated carbocycles. The number of likely N-dealkylation sites (N-methyl/N-ethyl adjacent to an activating group) is 1. The van der Waals surface area contributed by atoms with Gasteiger partial charge in [0.25, 0.3) is 5.91 Å². The lowest BCUT2D eigenvalue weighted by Crippen LogP contribution is -2.46. The molecule has 88 valence electrons. The van der Waals surface area contributed by atoms with Crippen LogP contribution in [-0.4, -0.2) is 37.0 Å². The maximum Gasteiger partial charge on any atom is 0.289 e. The van der Waals surface area contributed by atoms with Crippen LogP contribution in [0.25, 0.3) is 0 Å². The molecule has 16 heavy (non-hydrogen) atoms. The van der Waals surface area contributed by atoms with Crippen LogP contribution in [0.5, 0.6) is 0 Å². The third-order valence-corrected chi connectivity index (χ3v) is 3.07. The van der Waals surface area contributed by atoms with Gasteiger partial charge in [0, 0.05) is 19.1 Å². The lowest BCUT2D eigenvalue weighted by molar-refractivity contribution is 0.0664. The summed E-state index contributed by atoms with van der Waals surface area (Å²) in [6, 6.07) is 3.99. The smallest absolute Gasteiger partial charge is 0.289 e. The minimum atomic E-state index is 0.00745. The summed E-state index contributed by atoms with van der Waals surface area (Å²) in [6.45, 7) is 3.45. The third kappa shape index (κ3) is 2.27. The van der Waals surface area contributed by atoms with Gasteiger partial charge in [-0.2, -0.15) is 0 Å². The molecule has 1 saturated heterocycles. The molecule has 1 N–H and O–H groups in total. The van der Waals surface area contributed by atoms with Crippen LogP contribution >= 0.6 is 0 Å². The van der Waals surface area contributed by atoms with E-state index in [2.05, 4.69) is 5.32 Å². The molecule has 0 bridgehead atoms. The number of hydrogen-bond donors (Lipinski definition) is 1. The van der Waals surface area contributed by atoms with E-state index >= 15 is 0 Å². The Labute approximate surface area is 95.6 Å². The van der Waals surface area contributed by atoms with Gasteiger partial charge in [-0.05, 0) is 38.9 Å². The van der Waals surface area contributed by atoms with Gasteiger partial charge in [-0.1, -0.05) is 0 Å². The zero-order valence-electron chi connectivity index (χ0n) is 9.82. The fourth-order valence-electron chi connectivity index (χ4n) is 2.10. The largest absolute Gasteiger partial charge is 0.456 e. The molecule has 1 aromatic heterocycles. The molecule has 1 fully saturated rings. The van der Waals surface area contributed by atoms with Crippen LogP contribution in [0.15, 0.2) is 16.5 Å². The first kappa shape index (κ1) is 11.2. The average Bonchev–Trinajstić information content (AvgIpc) is 2.75. The minimum absolute atomic E-state index is 0.00745. The predicted molar refractivity (Wildman–Crippen MR) is 61.4 cm³/mol. The van der Waals surface area contributed by atoms with Crippen LogP contribution in [0.1, 0.15) is 29.2 Å². The van der Waals surface area contributed by atoms with Gasteiger partial charge in [0.15, 0.2) is 5.76 Å². The lowest BCUT2D eigenvalue weighted by atomic mass is 10.1. The molecule has 2 heterocycles. The van der Waals surface area contributed by atoms with Gasteiger partial charge in [0.1, 0.15) is 5.76 Å². The first-order valence-corrected chi connectivity index (χ1v) is 5.73. The van der Waals surface area contributed by atoms with E-state index in [1.807, 2.05) is 24.9 Å². The fraction of sp³-hybridized carbons (Fsp3) is 0.583. The van der Waals surface area contributed by atoms with Gasteiger partial charge in [-0.3, -0.25) is 4.79 Å². The van der Waals surface area contributed by atoms with E-state index in [0.29, 0.717) is 11.8 Å². The van der Waals surface area contributed by atoms with Gasteiger partial charge in [0.05, 0.1) is 0 Å². The molecule has 1 amide bonds. The molecule has 4 heteroatoms. The van der Waals surface area contributed by atoms with Crippen LogP contribution in [-0.2, 0) is 0 Å². The van der Waals surface area contributed by atoms with E-state index in [-0.39, 0.29) is 5.91 Å². The van der Waals surface area contributed by atoms with Crippen molar-refractivity contribution in [3.05, 3.63) is 23.7 Å². The van der Waals surface area contributed by atoms with Crippen LogP contribution < -0.4 is 5.32 Å². The van der Waals surface area contributed by atoms with Crippen LogP contribution in [0.2, 0.25) is 0 Å². The van der Waals surface area contributed by atoms with E-state index in [4.69, 9.17) is 4.42 Å². The van der Waals surface area contributed by atoms with Gasteiger partial charge in [-0.25, -0.2) is 0 Å². The fourth-order valence-corrected chi connectivity index (χ4v) is 2.10. The summed E-state index contributed by atoms with van der Waals surface area (Å²) in [7, 11) is 1.94. The second-order valence-corrected chi connectivity index (χ2v) is 4.29. The highest BCUT2D eigenvalue weighted by Crippen LogP contribution is 2.15. The number of nitrogens with one attached hydrogen (secondary N) is 1. The summed E-state index contributed by atoms with van der Waals surface area (Å²) >= 11 is 0. The topological polar surface area (TPSA) is 45.5 Å². The zero-order valence-corrected chi connectivity index (χ0v) is 9.82. The van der Waals surface area contributed by atoms with E-state index in [1.54, 1.807) is 6.07 Å². The number of carbonyl (C=O) groups is 1. The number of likely N-dealkylation sites (tertiary alicyclic amines) is 1. The Balaban J connectivity index is 2.04. The van der Waals surface area contributed by atoms with Crippen molar-refractivity contribution in [3.63, 3.8) is 0 Å². The van der Waals surface area contributed by atoms with Crippen molar-refractivity contribution < 1.29 is 9.21 Å². The number of carbonyl (C=O) groups excluding carboxylic acids is 1. The molecule has 0 aromatic carbocycles. The van der Waals surface area contributed by atoms with Crippen molar-refractivity contribution in [1.82, 2.24) is 10.2 Å². The van der Waals surface area contributed by atoms with Crippen molar-refractivity contribution in [3.8, 4) is 0 Å². The Kier molecular flexibility index (Phi) is 3.29. The van der Waals surface area contributed by atoms with Crippen molar-refractivity contribution in [2.24, 2.45) is 0 Å². The standard InChI is InChI=1S/C12H18N2O2/c1-9-5-6-11(16-9)12(15)14-7-3-4-10(8-14)13-2/h5-6,10,13H,3-4,7-8H2,1-2H3. The van der Waals surface area contributed by atoms with Crippen LogP contribution in [0.4, 0.5) is 0 Å². The number of hydrogen-bond acceptors (Lipinski definition) is 3. The summed E-state index contributed by atoms with van der Waals surface area (Å²) in [4.78, 5) is 13.9. The molecule has 0 aliphatic carbocycles. The second-order valence-electron chi connectivity index (χ2n) is 4.29. The van der Waals surface area contributed by atoms with Gasteiger partial charge in [0.2, 0.25) is 0 Å². The molecule has 1 aliphatic heterocycles. The summed E-state index contributed by atoms with van der Waals surface area (Å²) in [6.07, 6.45) is 2.19. The maximum atomic E-state index is 12.1. The summed E-state index contributed by atoms with van der Waals surface area (Å²) < 4.78 is 5.36. The number of rotatable bonds is 2. The molecular formula is C12H18N2O2.